The Morgan fingerprint density at radius 1 is 1.53 bits per heavy atom. The van der Waals surface area contributed by atoms with E-state index < -0.39 is 6.04 Å². The summed E-state index contributed by atoms with van der Waals surface area (Å²) in [5.74, 6) is -0.582. The number of hydrogen-bond acceptors (Lipinski definition) is 3. The second kappa shape index (κ2) is 5.70. The average Bonchev–Trinajstić information content (AvgIpc) is 2.52. The highest BCUT2D eigenvalue weighted by Gasteiger charge is 2.33. The number of nitrogens with one attached hydrogen (secondary N) is 1. The van der Waals surface area contributed by atoms with Crippen molar-refractivity contribution in [2.75, 3.05) is 11.4 Å². The van der Waals surface area contributed by atoms with Gasteiger partial charge in [-0.2, -0.15) is 5.26 Å². The first-order chi connectivity index (χ1) is 9.15. The Bertz CT molecular complexity index is 512. The Labute approximate surface area is 111 Å². The van der Waals surface area contributed by atoms with Crippen LogP contribution in [0, 0.1) is 17.1 Å². The molecule has 0 aromatic heterocycles. The molecule has 100 valence electrons. The first-order valence-corrected chi connectivity index (χ1v) is 6.32. The van der Waals surface area contributed by atoms with E-state index in [1.54, 1.807) is 23.1 Å². The SMILES string of the molecule is CC1CCNC(=O)C(CC#N)N1c1ccccc1F. The highest BCUT2D eigenvalue weighted by Crippen LogP contribution is 2.27. The van der Waals surface area contributed by atoms with Crippen LogP contribution in [-0.4, -0.2) is 24.5 Å². The standard InChI is InChI=1S/C14H16FN3O/c1-10-7-9-17-14(19)13(6-8-16)18(10)12-5-3-2-4-11(12)15/h2-5,10,13H,6-7,9H2,1H3,(H,17,19). The van der Waals surface area contributed by atoms with Crippen LogP contribution < -0.4 is 10.2 Å². The third-order valence-corrected chi connectivity index (χ3v) is 3.39. The molecule has 1 heterocycles. The fourth-order valence-corrected chi connectivity index (χ4v) is 2.44. The van der Waals surface area contributed by atoms with Crippen LogP contribution in [-0.2, 0) is 4.79 Å². The number of carbonyl (C=O) groups excluding carboxylic acids is 1. The van der Waals surface area contributed by atoms with Gasteiger partial charge in [0, 0.05) is 12.6 Å². The van der Waals surface area contributed by atoms with Crippen LogP contribution in [0.2, 0.25) is 0 Å². The van der Waals surface area contributed by atoms with Crippen LogP contribution >= 0.6 is 0 Å². The summed E-state index contributed by atoms with van der Waals surface area (Å²) < 4.78 is 14.0. The Balaban J connectivity index is 2.44. The van der Waals surface area contributed by atoms with Gasteiger partial charge in [0.1, 0.15) is 11.9 Å². The molecule has 2 rings (SSSR count). The summed E-state index contributed by atoms with van der Waals surface area (Å²) in [7, 11) is 0. The summed E-state index contributed by atoms with van der Waals surface area (Å²) in [4.78, 5) is 13.7. The largest absolute Gasteiger partial charge is 0.354 e. The fourth-order valence-electron chi connectivity index (χ4n) is 2.44. The minimum atomic E-state index is -0.639. The van der Waals surface area contributed by atoms with E-state index in [1.165, 1.54) is 6.07 Å². The van der Waals surface area contributed by atoms with E-state index in [1.807, 2.05) is 13.0 Å². The maximum absolute atomic E-state index is 14.0. The number of halogens is 1. The molecule has 2 unspecified atom stereocenters. The van der Waals surface area contributed by atoms with Crippen molar-refractivity contribution in [2.45, 2.75) is 31.8 Å². The molecule has 0 radical (unpaired) electrons. The number of amides is 1. The van der Waals surface area contributed by atoms with E-state index in [-0.39, 0.29) is 24.2 Å². The lowest BCUT2D eigenvalue weighted by Crippen LogP contribution is -2.47. The zero-order valence-electron chi connectivity index (χ0n) is 10.8. The minimum Gasteiger partial charge on any atom is -0.354 e. The van der Waals surface area contributed by atoms with E-state index in [0.29, 0.717) is 12.2 Å². The van der Waals surface area contributed by atoms with Gasteiger partial charge in [-0.3, -0.25) is 4.79 Å². The molecule has 0 aliphatic carbocycles. The number of anilines is 1. The maximum Gasteiger partial charge on any atom is 0.243 e. The number of rotatable bonds is 2. The van der Waals surface area contributed by atoms with Crippen molar-refractivity contribution < 1.29 is 9.18 Å². The summed E-state index contributed by atoms with van der Waals surface area (Å²) >= 11 is 0. The fraction of sp³-hybridized carbons (Fsp3) is 0.429. The van der Waals surface area contributed by atoms with Gasteiger partial charge in [0.25, 0.3) is 0 Å². The monoisotopic (exact) mass is 261 g/mol. The molecule has 1 N–H and O–H groups in total. The number of para-hydroxylation sites is 1. The second-order valence-corrected chi connectivity index (χ2v) is 4.67. The predicted octanol–water partition coefficient (Wildman–Crippen LogP) is 1.82. The van der Waals surface area contributed by atoms with E-state index in [2.05, 4.69) is 5.32 Å². The molecular formula is C14H16FN3O. The van der Waals surface area contributed by atoms with Gasteiger partial charge in [0.15, 0.2) is 0 Å². The lowest BCUT2D eigenvalue weighted by molar-refractivity contribution is -0.122. The van der Waals surface area contributed by atoms with Crippen LogP contribution in [0.1, 0.15) is 19.8 Å². The van der Waals surface area contributed by atoms with Crippen molar-refractivity contribution in [3.63, 3.8) is 0 Å². The van der Waals surface area contributed by atoms with Crippen LogP contribution in [0.4, 0.5) is 10.1 Å². The van der Waals surface area contributed by atoms with Crippen molar-refractivity contribution in [3.05, 3.63) is 30.1 Å². The minimum absolute atomic E-state index is 0.00537. The van der Waals surface area contributed by atoms with E-state index in [9.17, 15) is 9.18 Å². The molecular weight excluding hydrogens is 245 g/mol. The van der Waals surface area contributed by atoms with Gasteiger partial charge in [0.2, 0.25) is 5.91 Å². The van der Waals surface area contributed by atoms with Gasteiger partial charge in [-0.05, 0) is 25.5 Å². The van der Waals surface area contributed by atoms with Gasteiger partial charge in [-0.1, -0.05) is 12.1 Å². The van der Waals surface area contributed by atoms with Crippen molar-refractivity contribution in [1.82, 2.24) is 5.32 Å². The number of nitrogens with zero attached hydrogens (tertiary/aromatic N) is 2. The van der Waals surface area contributed by atoms with Crippen LogP contribution in [0.25, 0.3) is 0 Å². The normalized spacial score (nSPS) is 23.4. The quantitative estimate of drug-likeness (QED) is 0.883. The van der Waals surface area contributed by atoms with Gasteiger partial charge in [-0.15, -0.1) is 0 Å². The van der Waals surface area contributed by atoms with E-state index in [0.717, 1.165) is 6.42 Å². The summed E-state index contributed by atoms with van der Waals surface area (Å²) in [5.41, 5.74) is 0.382. The molecule has 1 saturated heterocycles. The lowest BCUT2D eigenvalue weighted by Gasteiger charge is -2.34. The third-order valence-electron chi connectivity index (χ3n) is 3.39. The van der Waals surface area contributed by atoms with Gasteiger partial charge < -0.3 is 10.2 Å². The Hall–Kier alpha value is -2.09. The second-order valence-electron chi connectivity index (χ2n) is 4.67. The maximum atomic E-state index is 14.0. The topological polar surface area (TPSA) is 56.1 Å². The molecule has 1 amide bonds. The van der Waals surface area contributed by atoms with Crippen molar-refractivity contribution >= 4 is 11.6 Å². The molecule has 1 aromatic rings. The molecule has 1 fully saturated rings. The lowest BCUT2D eigenvalue weighted by atomic mass is 10.1. The molecule has 1 aliphatic rings. The molecule has 4 nitrogen and oxygen atoms in total. The Morgan fingerprint density at radius 3 is 2.95 bits per heavy atom. The van der Waals surface area contributed by atoms with Crippen LogP contribution in [0.5, 0.6) is 0 Å². The third kappa shape index (κ3) is 2.68. The van der Waals surface area contributed by atoms with Gasteiger partial charge in [-0.25, -0.2) is 4.39 Å². The van der Waals surface area contributed by atoms with Gasteiger partial charge in [0.05, 0.1) is 18.2 Å². The van der Waals surface area contributed by atoms with Crippen LogP contribution in [0.3, 0.4) is 0 Å². The molecule has 19 heavy (non-hydrogen) atoms. The zero-order chi connectivity index (χ0) is 13.8. The summed E-state index contributed by atoms with van der Waals surface area (Å²) in [6.45, 7) is 2.49. The Morgan fingerprint density at radius 2 is 2.26 bits per heavy atom. The molecule has 2 atom stereocenters. The van der Waals surface area contributed by atoms with Crippen molar-refractivity contribution in [2.24, 2.45) is 0 Å². The highest BCUT2D eigenvalue weighted by atomic mass is 19.1. The number of nitriles is 1. The average molecular weight is 261 g/mol. The zero-order valence-corrected chi connectivity index (χ0v) is 10.8. The number of hydrogen-bond donors (Lipinski definition) is 1. The van der Waals surface area contributed by atoms with E-state index >= 15 is 0 Å². The summed E-state index contributed by atoms with van der Waals surface area (Å²) in [6, 6.07) is 7.73. The van der Waals surface area contributed by atoms with Crippen molar-refractivity contribution in [1.29, 1.82) is 5.26 Å². The molecule has 1 aromatic carbocycles. The predicted molar refractivity (Wildman–Crippen MR) is 70.0 cm³/mol. The van der Waals surface area contributed by atoms with Crippen molar-refractivity contribution in [3.8, 4) is 6.07 Å². The smallest absolute Gasteiger partial charge is 0.243 e. The Kier molecular flexibility index (Phi) is 4.00. The highest BCUT2D eigenvalue weighted by molar-refractivity contribution is 5.86. The summed E-state index contributed by atoms with van der Waals surface area (Å²) in [6.07, 6.45) is 0.770. The molecule has 5 heteroatoms. The first kappa shape index (κ1) is 13.3. The number of benzene rings is 1. The van der Waals surface area contributed by atoms with E-state index in [4.69, 9.17) is 5.26 Å². The van der Waals surface area contributed by atoms with Crippen LogP contribution in [0.15, 0.2) is 24.3 Å². The van der Waals surface area contributed by atoms with Gasteiger partial charge >= 0.3 is 0 Å². The molecule has 0 spiro atoms. The molecule has 1 aliphatic heterocycles. The molecule has 0 bridgehead atoms. The summed E-state index contributed by atoms with van der Waals surface area (Å²) in [5, 5.41) is 11.7. The molecule has 0 saturated carbocycles. The number of carbonyl (C=O) groups is 1. The first-order valence-electron chi connectivity index (χ1n) is 6.32.